The van der Waals surface area contributed by atoms with Crippen molar-refractivity contribution < 1.29 is 32.6 Å². The average molecular weight is 258 g/mol. The Labute approximate surface area is 95.1 Å². The Kier molecular flexibility index (Phi) is 5.20. The van der Waals surface area contributed by atoms with Crippen molar-refractivity contribution in [2.75, 3.05) is 20.3 Å². The van der Waals surface area contributed by atoms with E-state index in [1.54, 1.807) is 0 Å². The zero-order valence-corrected chi connectivity index (χ0v) is 9.22. The predicted molar refractivity (Wildman–Crippen MR) is 50.5 cm³/mol. The molecule has 100 valence electrons. The molecule has 0 aliphatic heterocycles. The van der Waals surface area contributed by atoms with Gasteiger partial charge in [0.05, 0.1) is 6.61 Å². The lowest BCUT2D eigenvalue weighted by molar-refractivity contribution is -0.203. The molecule has 17 heavy (non-hydrogen) atoms. The van der Waals surface area contributed by atoms with Gasteiger partial charge in [-0.25, -0.2) is 9.59 Å². The second-order valence-corrected chi connectivity index (χ2v) is 3.30. The number of urea groups is 1. The molecular weight excluding hydrogens is 245 g/mol. The summed E-state index contributed by atoms with van der Waals surface area (Å²) in [4.78, 5) is 21.6. The molecule has 0 aromatic carbocycles. The van der Waals surface area contributed by atoms with Crippen molar-refractivity contribution >= 4 is 12.0 Å². The minimum Gasteiger partial charge on any atom is -0.479 e. The molecule has 0 fully saturated rings. The SMILES string of the molecule is COCCNC(=O)NC(C)(C(=O)O)C(F)(F)F. The quantitative estimate of drug-likeness (QED) is 0.620. The molecule has 0 heterocycles. The first-order valence-electron chi connectivity index (χ1n) is 4.50. The van der Waals surface area contributed by atoms with E-state index in [1.165, 1.54) is 12.4 Å². The number of aliphatic carboxylic acids is 1. The van der Waals surface area contributed by atoms with Crippen molar-refractivity contribution in [2.45, 2.75) is 18.6 Å². The van der Waals surface area contributed by atoms with Crippen LogP contribution in [0.25, 0.3) is 0 Å². The number of hydrogen-bond acceptors (Lipinski definition) is 3. The van der Waals surface area contributed by atoms with E-state index in [2.05, 4.69) is 4.74 Å². The third-order valence-electron chi connectivity index (χ3n) is 1.95. The molecule has 0 aromatic heterocycles. The lowest BCUT2D eigenvalue weighted by Crippen LogP contribution is -2.63. The van der Waals surface area contributed by atoms with E-state index in [1.807, 2.05) is 5.32 Å². The number of nitrogens with one attached hydrogen (secondary N) is 2. The van der Waals surface area contributed by atoms with Crippen molar-refractivity contribution in [1.29, 1.82) is 0 Å². The minimum atomic E-state index is -5.10. The van der Waals surface area contributed by atoms with Crippen LogP contribution in [0.3, 0.4) is 0 Å². The molecule has 0 saturated heterocycles. The van der Waals surface area contributed by atoms with Gasteiger partial charge in [0.1, 0.15) is 0 Å². The third-order valence-corrected chi connectivity index (χ3v) is 1.95. The average Bonchev–Trinajstić information content (AvgIpc) is 2.15. The largest absolute Gasteiger partial charge is 0.479 e. The van der Waals surface area contributed by atoms with E-state index in [0.717, 1.165) is 0 Å². The molecule has 3 N–H and O–H groups in total. The number of methoxy groups -OCH3 is 1. The lowest BCUT2D eigenvalue weighted by atomic mass is 10.0. The molecule has 0 aliphatic carbocycles. The Morgan fingerprint density at radius 2 is 1.88 bits per heavy atom. The maximum Gasteiger partial charge on any atom is 0.422 e. The molecule has 0 rings (SSSR count). The number of amides is 2. The Morgan fingerprint density at radius 1 is 1.35 bits per heavy atom. The summed E-state index contributed by atoms with van der Waals surface area (Å²) < 4.78 is 41.9. The van der Waals surface area contributed by atoms with E-state index >= 15 is 0 Å². The molecule has 0 saturated carbocycles. The summed E-state index contributed by atoms with van der Waals surface area (Å²) in [6.07, 6.45) is -5.10. The van der Waals surface area contributed by atoms with Gasteiger partial charge in [0.2, 0.25) is 5.54 Å². The minimum absolute atomic E-state index is 0.0319. The van der Waals surface area contributed by atoms with Gasteiger partial charge in [-0.3, -0.25) is 0 Å². The number of carboxylic acid groups (broad SMARTS) is 1. The fourth-order valence-electron chi connectivity index (χ4n) is 0.783. The maximum absolute atomic E-state index is 12.5. The van der Waals surface area contributed by atoms with Crippen molar-refractivity contribution in [3.05, 3.63) is 0 Å². The molecule has 6 nitrogen and oxygen atoms in total. The number of ether oxygens (including phenoxy) is 1. The number of rotatable bonds is 5. The summed E-state index contributed by atoms with van der Waals surface area (Å²) in [6.45, 7) is 0.435. The molecule has 0 radical (unpaired) electrons. The highest BCUT2D eigenvalue weighted by Crippen LogP contribution is 2.30. The van der Waals surface area contributed by atoms with Gasteiger partial charge < -0.3 is 20.5 Å². The van der Waals surface area contributed by atoms with E-state index in [9.17, 15) is 22.8 Å². The van der Waals surface area contributed by atoms with E-state index < -0.39 is 23.7 Å². The Morgan fingerprint density at radius 3 is 2.24 bits per heavy atom. The van der Waals surface area contributed by atoms with Crippen LogP contribution in [0.15, 0.2) is 0 Å². The summed E-state index contributed by atoms with van der Waals surface area (Å²) >= 11 is 0. The highest BCUT2D eigenvalue weighted by molar-refractivity contribution is 5.86. The van der Waals surface area contributed by atoms with E-state index in [-0.39, 0.29) is 13.2 Å². The van der Waals surface area contributed by atoms with Crippen LogP contribution in [0.5, 0.6) is 0 Å². The van der Waals surface area contributed by atoms with Crippen LogP contribution in [0, 0.1) is 0 Å². The van der Waals surface area contributed by atoms with E-state index in [4.69, 9.17) is 5.11 Å². The first kappa shape index (κ1) is 15.5. The summed E-state index contributed by atoms with van der Waals surface area (Å²) in [7, 11) is 1.34. The number of halogens is 3. The monoisotopic (exact) mass is 258 g/mol. The van der Waals surface area contributed by atoms with E-state index in [0.29, 0.717) is 6.92 Å². The lowest BCUT2D eigenvalue weighted by Gasteiger charge is -2.28. The standard InChI is InChI=1S/C8H13F3N2O4/c1-7(5(14)15,8(9,10)11)13-6(16)12-3-4-17-2/h3-4H2,1-2H3,(H,14,15)(H2,12,13,16). The van der Waals surface area contributed by atoms with Gasteiger partial charge in [0.25, 0.3) is 0 Å². The molecule has 0 bridgehead atoms. The molecular formula is C8H13F3N2O4. The Hall–Kier alpha value is -1.51. The second-order valence-electron chi connectivity index (χ2n) is 3.30. The Bertz CT molecular complexity index is 295. The van der Waals surface area contributed by atoms with Crippen LogP contribution in [0.4, 0.5) is 18.0 Å². The highest BCUT2D eigenvalue weighted by Gasteiger charge is 2.58. The number of carbonyl (C=O) groups is 2. The highest BCUT2D eigenvalue weighted by atomic mass is 19.4. The van der Waals surface area contributed by atoms with Gasteiger partial charge in [-0.05, 0) is 6.92 Å². The fourth-order valence-corrected chi connectivity index (χ4v) is 0.783. The van der Waals surface area contributed by atoms with Crippen LogP contribution < -0.4 is 10.6 Å². The number of carbonyl (C=O) groups excluding carboxylic acids is 1. The number of carboxylic acids is 1. The predicted octanol–water partition coefficient (Wildman–Crippen LogP) is 0.338. The summed E-state index contributed by atoms with van der Waals surface area (Å²) in [5.74, 6) is -2.19. The van der Waals surface area contributed by atoms with Crippen LogP contribution in [0.1, 0.15) is 6.92 Å². The zero-order chi connectivity index (χ0) is 13.7. The molecule has 2 amide bonds. The fraction of sp³-hybridized carbons (Fsp3) is 0.750. The smallest absolute Gasteiger partial charge is 0.422 e. The molecule has 0 aliphatic rings. The van der Waals surface area contributed by atoms with Gasteiger partial charge in [-0.2, -0.15) is 13.2 Å². The second kappa shape index (κ2) is 5.71. The third kappa shape index (κ3) is 4.10. The van der Waals surface area contributed by atoms with Gasteiger partial charge >= 0.3 is 18.2 Å². The topological polar surface area (TPSA) is 87.7 Å². The molecule has 1 atom stereocenters. The van der Waals surface area contributed by atoms with Crippen molar-refractivity contribution in [3.63, 3.8) is 0 Å². The van der Waals surface area contributed by atoms with Crippen LogP contribution >= 0.6 is 0 Å². The molecule has 0 aromatic rings. The van der Waals surface area contributed by atoms with Crippen LogP contribution in [-0.2, 0) is 9.53 Å². The maximum atomic E-state index is 12.5. The molecule has 0 spiro atoms. The molecule has 1 unspecified atom stereocenters. The van der Waals surface area contributed by atoms with Gasteiger partial charge in [-0.15, -0.1) is 0 Å². The summed E-state index contributed by atoms with van der Waals surface area (Å²) in [6, 6.07) is -1.23. The molecule has 9 heteroatoms. The van der Waals surface area contributed by atoms with Gasteiger partial charge in [0.15, 0.2) is 0 Å². The van der Waals surface area contributed by atoms with Crippen molar-refractivity contribution in [2.24, 2.45) is 0 Å². The zero-order valence-electron chi connectivity index (χ0n) is 9.22. The number of hydrogen-bond donors (Lipinski definition) is 3. The summed E-state index contributed by atoms with van der Waals surface area (Å²) in [5.41, 5.74) is -3.33. The van der Waals surface area contributed by atoms with Crippen LogP contribution in [0.2, 0.25) is 0 Å². The number of alkyl halides is 3. The van der Waals surface area contributed by atoms with Crippen LogP contribution in [-0.4, -0.2) is 49.1 Å². The van der Waals surface area contributed by atoms with Crippen molar-refractivity contribution in [3.8, 4) is 0 Å². The van der Waals surface area contributed by atoms with Gasteiger partial charge in [0, 0.05) is 13.7 Å². The normalized spacial score (nSPS) is 14.9. The Balaban J connectivity index is 4.58. The van der Waals surface area contributed by atoms with Gasteiger partial charge in [-0.1, -0.05) is 0 Å². The first-order chi connectivity index (χ1) is 7.65. The first-order valence-corrected chi connectivity index (χ1v) is 4.50. The van der Waals surface area contributed by atoms with Crippen molar-refractivity contribution in [1.82, 2.24) is 10.6 Å². The summed E-state index contributed by atoms with van der Waals surface area (Å²) in [5, 5.41) is 11.9.